The Bertz CT molecular complexity index is 1220. The summed E-state index contributed by atoms with van der Waals surface area (Å²) in [5, 5.41) is 0. The van der Waals surface area contributed by atoms with E-state index in [1.807, 2.05) is 67.6 Å². The molecule has 0 bridgehead atoms. The van der Waals surface area contributed by atoms with Crippen LogP contribution >= 0.6 is 0 Å². The van der Waals surface area contributed by atoms with Gasteiger partial charge in [0.05, 0.1) is 4.90 Å². The molecule has 3 aromatic rings. The fraction of sp³-hybridized carbons (Fsp3) is 0.259. The summed E-state index contributed by atoms with van der Waals surface area (Å²) in [6.07, 6.45) is -0.642. The van der Waals surface area contributed by atoms with Crippen LogP contribution in [0.1, 0.15) is 23.1 Å². The van der Waals surface area contributed by atoms with Gasteiger partial charge in [0.2, 0.25) is 10.0 Å². The number of carbonyl (C=O) groups is 2. The van der Waals surface area contributed by atoms with E-state index in [-0.39, 0.29) is 31.1 Å². The van der Waals surface area contributed by atoms with Crippen LogP contribution in [0.2, 0.25) is 0 Å². The highest BCUT2D eigenvalue weighted by molar-refractivity contribution is 7.89. The first-order chi connectivity index (χ1) is 17.3. The fourth-order valence-electron chi connectivity index (χ4n) is 3.98. The van der Waals surface area contributed by atoms with Gasteiger partial charge in [-0.3, -0.25) is 4.90 Å². The molecule has 0 saturated carbocycles. The van der Waals surface area contributed by atoms with Crippen molar-refractivity contribution in [1.82, 2.24) is 9.62 Å². The lowest BCUT2D eigenvalue weighted by molar-refractivity contribution is -0.149. The van der Waals surface area contributed by atoms with Crippen molar-refractivity contribution in [3.05, 3.63) is 102 Å². The molecule has 1 aliphatic heterocycles. The number of sulfonamides is 1. The van der Waals surface area contributed by atoms with Crippen molar-refractivity contribution in [3.8, 4) is 0 Å². The third-order valence-electron chi connectivity index (χ3n) is 5.89. The molecule has 1 heterocycles. The summed E-state index contributed by atoms with van der Waals surface area (Å²) < 4.78 is 39.3. The number of hydrogen-bond acceptors (Lipinski definition) is 6. The first kappa shape index (κ1) is 25.4. The maximum atomic E-state index is 13.0. The van der Waals surface area contributed by atoms with Gasteiger partial charge in [-0.25, -0.2) is 22.7 Å². The van der Waals surface area contributed by atoms with Crippen molar-refractivity contribution in [2.45, 2.75) is 43.5 Å². The number of hydrogen-bond donors (Lipinski definition) is 1. The largest absolute Gasteiger partial charge is 0.459 e. The number of nitrogens with one attached hydrogen (secondary N) is 1. The Hall–Kier alpha value is -3.69. The van der Waals surface area contributed by atoms with Crippen LogP contribution in [-0.4, -0.2) is 44.0 Å². The summed E-state index contributed by atoms with van der Waals surface area (Å²) in [6, 6.07) is 23.1. The lowest BCUT2D eigenvalue weighted by Gasteiger charge is -2.22. The van der Waals surface area contributed by atoms with E-state index in [0.29, 0.717) is 0 Å². The Morgan fingerprint density at radius 1 is 0.861 bits per heavy atom. The molecule has 0 aliphatic carbocycles. The molecule has 3 aromatic carbocycles. The molecular weight excluding hydrogens is 480 g/mol. The first-order valence-electron chi connectivity index (χ1n) is 11.6. The monoisotopic (exact) mass is 508 g/mol. The van der Waals surface area contributed by atoms with Crippen molar-refractivity contribution in [3.63, 3.8) is 0 Å². The second-order valence-electron chi connectivity index (χ2n) is 8.67. The minimum absolute atomic E-state index is 0.0240. The number of rotatable bonds is 8. The van der Waals surface area contributed by atoms with Gasteiger partial charge < -0.3 is 9.47 Å². The maximum absolute atomic E-state index is 13.0. The lowest BCUT2D eigenvalue weighted by Crippen LogP contribution is -2.42. The summed E-state index contributed by atoms with van der Waals surface area (Å²) in [6.45, 7) is 1.92. The number of carbonyl (C=O) groups excluding carboxylic acids is 2. The number of likely N-dealkylation sites (tertiary alicyclic amines) is 1. The molecule has 1 aliphatic rings. The summed E-state index contributed by atoms with van der Waals surface area (Å²) >= 11 is 0. The van der Waals surface area contributed by atoms with Gasteiger partial charge in [0.15, 0.2) is 0 Å². The molecule has 8 nitrogen and oxygen atoms in total. The summed E-state index contributed by atoms with van der Waals surface area (Å²) in [7, 11) is -3.85. The second kappa shape index (κ2) is 11.4. The predicted octanol–water partition coefficient (Wildman–Crippen LogP) is 3.80. The van der Waals surface area contributed by atoms with Crippen LogP contribution in [0.3, 0.4) is 0 Å². The SMILES string of the molecule is Cc1ccc(S(=O)(=O)N[C@H]2C[C@H](C(=O)OCc3ccccc3)N(C(=O)OCc3ccccc3)C2)cc1. The van der Waals surface area contributed by atoms with Crippen molar-refractivity contribution < 1.29 is 27.5 Å². The van der Waals surface area contributed by atoms with Crippen LogP contribution in [0.25, 0.3) is 0 Å². The Kier molecular flexibility index (Phi) is 8.02. The zero-order valence-corrected chi connectivity index (χ0v) is 20.7. The number of benzene rings is 3. The second-order valence-corrected chi connectivity index (χ2v) is 10.4. The molecule has 1 fully saturated rings. The van der Waals surface area contributed by atoms with Gasteiger partial charge in [0.25, 0.3) is 0 Å². The van der Waals surface area contributed by atoms with Crippen molar-refractivity contribution >= 4 is 22.1 Å². The number of nitrogens with zero attached hydrogens (tertiary/aromatic N) is 1. The van der Waals surface area contributed by atoms with Gasteiger partial charge in [0, 0.05) is 12.6 Å². The Labute approximate surface area is 210 Å². The lowest BCUT2D eigenvalue weighted by atomic mass is 10.2. The Morgan fingerprint density at radius 3 is 2.00 bits per heavy atom. The summed E-state index contributed by atoms with van der Waals surface area (Å²) in [5.41, 5.74) is 2.53. The number of esters is 1. The average Bonchev–Trinajstić information content (AvgIpc) is 3.30. The average molecular weight is 509 g/mol. The molecule has 1 amide bonds. The smallest absolute Gasteiger partial charge is 0.410 e. The van der Waals surface area contributed by atoms with Gasteiger partial charge in [-0.1, -0.05) is 78.4 Å². The molecule has 9 heteroatoms. The van der Waals surface area contributed by atoms with Crippen LogP contribution in [-0.2, 0) is 37.5 Å². The van der Waals surface area contributed by atoms with Crippen LogP contribution < -0.4 is 4.72 Å². The summed E-state index contributed by atoms with van der Waals surface area (Å²) in [5.74, 6) is -0.618. The van der Waals surface area contributed by atoms with E-state index in [1.54, 1.807) is 12.1 Å². The number of amides is 1. The normalized spacial score (nSPS) is 17.5. The predicted molar refractivity (Wildman–Crippen MR) is 133 cm³/mol. The maximum Gasteiger partial charge on any atom is 0.410 e. The van der Waals surface area contributed by atoms with Crippen LogP contribution in [0.5, 0.6) is 0 Å². The van der Waals surface area contributed by atoms with E-state index >= 15 is 0 Å². The number of ether oxygens (including phenoxy) is 2. The molecule has 1 saturated heterocycles. The van der Waals surface area contributed by atoms with Crippen molar-refractivity contribution in [1.29, 1.82) is 0 Å². The number of aryl methyl sites for hydroxylation is 1. The minimum Gasteiger partial charge on any atom is -0.459 e. The third kappa shape index (κ3) is 6.50. The quantitative estimate of drug-likeness (QED) is 0.465. The Balaban J connectivity index is 1.47. The van der Waals surface area contributed by atoms with Gasteiger partial charge >= 0.3 is 12.1 Å². The molecule has 4 rings (SSSR count). The first-order valence-corrected chi connectivity index (χ1v) is 13.1. The van der Waals surface area contributed by atoms with Crippen LogP contribution in [0.4, 0.5) is 4.79 Å². The minimum atomic E-state index is -3.85. The van der Waals surface area contributed by atoms with Crippen molar-refractivity contribution in [2.24, 2.45) is 0 Å². The van der Waals surface area contributed by atoms with E-state index in [2.05, 4.69) is 4.72 Å². The zero-order chi connectivity index (χ0) is 25.5. The molecule has 0 aromatic heterocycles. The van der Waals surface area contributed by atoms with Gasteiger partial charge in [-0.2, -0.15) is 0 Å². The van der Waals surface area contributed by atoms with E-state index in [0.717, 1.165) is 16.7 Å². The van der Waals surface area contributed by atoms with E-state index in [1.165, 1.54) is 17.0 Å². The van der Waals surface area contributed by atoms with E-state index < -0.39 is 34.2 Å². The molecule has 188 valence electrons. The highest BCUT2D eigenvalue weighted by atomic mass is 32.2. The molecule has 36 heavy (non-hydrogen) atoms. The van der Waals surface area contributed by atoms with Crippen LogP contribution in [0.15, 0.2) is 89.8 Å². The highest BCUT2D eigenvalue weighted by Crippen LogP contribution is 2.23. The standard InChI is InChI=1S/C27H28N2O6S/c1-20-12-14-24(15-13-20)36(32,33)28-23-16-25(26(30)34-18-21-8-4-2-5-9-21)29(17-23)27(31)35-19-22-10-6-3-7-11-22/h2-15,23,25,28H,16-19H2,1H3/t23-,25+/m0/s1. The molecule has 0 spiro atoms. The molecule has 0 radical (unpaired) electrons. The van der Waals surface area contributed by atoms with Crippen molar-refractivity contribution in [2.75, 3.05) is 6.54 Å². The third-order valence-corrected chi connectivity index (χ3v) is 7.43. The van der Waals surface area contributed by atoms with E-state index in [4.69, 9.17) is 9.47 Å². The fourth-order valence-corrected chi connectivity index (χ4v) is 5.22. The Morgan fingerprint density at radius 2 is 1.42 bits per heavy atom. The molecule has 2 atom stereocenters. The van der Waals surface area contributed by atoms with E-state index in [9.17, 15) is 18.0 Å². The summed E-state index contributed by atoms with van der Waals surface area (Å²) in [4.78, 5) is 27.3. The molecular formula is C27H28N2O6S. The van der Waals surface area contributed by atoms with Crippen LogP contribution in [0, 0.1) is 6.92 Å². The van der Waals surface area contributed by atoms with Gasteiger partial charge in [-0.15, -0.1) is 0 Å². The topological polar surface area (TPSA) is 102 Å². The zero-order valence-electron chi connectivity index (χ0n) is 19.9. The molecule has 1 N–H and O–H groups in total. The molecule has 0 unspecified atom stereocenters. The van der Waals surface area contributed by atoms with Gasteiger partial charge in [-0.05, 0) is 36.6 Å². The van der Waals surface area contributed by atoms with Gasteiger partial charge in [0.1, 0.15) is 19.3 Å². The highest BCUT2D eigenvalue weighted by Gasteiger charge is 2.43.